The first-order chi connectivity index (χ1) is 5.34. The second-order valence-corrected chi connectivity index (χ2v) is 6.18. The van der Waals surface area contributed by atoms with Crippen LogP contribution < -0.4 is 24.0 Å². The first-order valence-corrected chi connectivity index (χ1v) is 6.92. The average molecular weight is 321 g/mol. The molecule has 1 aliphatic carbocycles. The smallest absolute Gasteiger partial charge is 0.121 e. The normalized spacial score (nSPS) is 21.5. The first kappa shape index (κ1) is 13.4. The Morgan fingerprint density at radius 1 is 1.25 bits per heavy atom. The van der Waals surface area contributed by atoms with Crippen LogP contribution in [-0.2, 0) is 10.9 Å². The van der Waals surface area contributed by atoms with Crippen molar-refractivity contribution < 1.29 is 24.0 Å². The molecule has 3 heteroatoms. The van der Waals surface area contributed by atoms with Gasteiger partial charge in [0.05, 0.1) is 12.1 Å². The highest BCUT2D eigenvalue weighted by atomic mass is 127. The summed E-state index contributed by atoms with van der Waals surface area (Å²) < 4.78 is 0. The molecule has 0 saturated heterocycles. The summed E-state index contributed by atoms with van der Waals surface area (Å²) in [5.41, 5.74) is 0. The van der Waals surface area contributed by atoms with Crippen molar-refractivity contribution >= 4 is 22.5 Å². The molecule has 0 radical (unpaired) electrons. The lowest BCUT2D eigenvalue weighted by atomic mass is 10.0. The molecule has 0 heterocycles. The van der Waals surface area contributed by atoms with Gasteiger partial charge in [-0.15, -0.1) is 11.6 Å². The molecule has 1 fully saturated rings. The van der Waals surface area contributed by atoms with Crippen molar-refractivity contribution in [3.8, 4) is 0 Å². The predicted octanol–water partition coefficient (Wildman–Crippen LogP) is -0.190. The fraction of sp³-hybridized carbons (Fsp3) is 1.00. The van der Waals surface area contributed by atoms with Crippen molar-refractivity contribution in [3.63, 3.8) is 0 Å². The van der Waals surface area contributed by atoms with Gasteiger partial charge in [-0.1, -0.05) is 6.42 Å². The van der Waals surface area contributed by atoms with E-state index in [0.717, 1.165) is 11.1 Å². The lowest BCUT2D eigenvalue weighted by molar-refractivity contribution is -0.00000232. The number of rotatable bonds is 3. The molecule has 1 saturated carbocycles. The van der Waals surface area contributed by atoms with Crippen LogP contribution in [0.2, 0.25) is 0 Å². The number of hydrogen-bond donors (Lipinski definition) is 0. The fourth-order valence-corrected chi connectivity index (χ4v) is 4.20. The maximum atomic E-state index is 5.72. The van der Waals surface area contributed by atoms with Gasteiger partial charge in [-0.3, -0.25) is 0 Å². The topological polar surface area (TPSA) is 0 Å². The van der Waals surface area contributed by atoms with E-state index in [1.165, 1.54) is 37.9 Å². The van der Waals surface area contributed by atoms with Crippen molar-refractivity contribution in [1.29, 1.82) is 0 Å². The van der Waals surface area contributed by atoms with Crippen LogP contribution in [0, 0.1) is 0 Å². The minimum Gasteiger partial charge on any atom is -1.00 e. The Labute approximate surface area is 101 Å². The summed E-state index contributed by atoms with van der Waals surface area (Å²) in [5.74, 6) is 2.10. The summed E-state index contributed by atoms with van der Waals surface area (Å²) in [6, 6.07) is 0. The van der Waals surface area contributed by atoms with Crippen molar-refractivity contribution in [1.82, 2.24) is 0 Å². The van der Waals surface area contributed by atoms with Crippen molar-refractivity contribution in [2.75, 3.05) is 17.9 Å². The molecule has 1 atom stereocenters. The third-order valence-electron chi connectivity index (χ3n) is 2.52. The molecule has 0 nitrogen and oxygen atoms in total. The van der Waals surface area contributed by atoms with Gasteiger partial charge in [-0.25, -0.2) is 0 Å². The van der Waals surface area contributed by atoms with E-state index in [9.17, 15) is 0 Å². The minimum absolute atomic E-state index is 0. The van der Waals surface area contributed by atoms with Gasteiger partial charge in [0.25, 0.3) is 0 Å². The van der Waals surface area contributed by atoms with Crippen LogP contribution in [0.25, 0.3) is 0 Å². The first-order valence-electron chi connectivity index (χ1n) is 4.52. The van der Waals surface area contributed by atoms with Gasteiger partial charge < -0.3 is 24.0 Å². The Balaban J connectivity index is 0.00000121. The largest absolute Gasteiger partial charge is 1.00 e. The van der Waals surface area contributed by atoms with E-state index in [0.29, 0.717) is 10.9 Å². The number of halogens is 2. The Morgan fingerprint density at radius 2 is 1.83 bits per heavy atom. The molecule has 1 aliphatic rings. The standard InChI is InChI=1S/C9H18ClS.HI/c1-11(8-7-10)9-5-3-2-4-6-9;/h9H,2-8H2,1H3;1H/q+1;/p-1. The molecule has 0 aromatic heterocycles. The lowest BCUT2D eigenvalue weighted by Crippen LogP contribution is -3.00. The fourth-order valence-electron chi connectivity index (χ4n) is 1.76. The van der Waals surface area contributed by atoms with Gasteiger partial charge in [0.2, 0.25) is 0 Å². The maximum Gasteiger partial charge on any atom is 0.121 e. The molecular formula is C9H18ClIS. The molecule has 1 unspecified atom stereocenters. The number of hydrogen-bond acceptors (Lipinski definition) is 0. The summed E-state index contributed by atoms with van der Waals surface area (Å²) in [7, 11) is 0.612. The minimum atomic E-state index is 0. The second-order valence-electron chi connectivity index (χ2n) is 3.34. The van der Waals surface area contributed by atoms with Crippen molar-refractivity contribution in [2.45, 2.75) is 37.4 Å². The zero-order valence-corrected chi connectivity index (χ0v) is 11.4. The van der Waals surface area contributed by atoms with Crippen LogP contribution in [-0.4, -0.2) is 23.1 Å². The van der Waals surface area contributed by atoms with Crippen LogP contribution >= 0.6 is 11.6 Å². The Bertz CT molecular complexity index is 105. The third kappa shape index (κ3) is 4.56. The van der Waals surface area contributed by atoms with Crippen LogP contribution in [0.5, 0.6) is 0 Å². The molecule has 0 spiro atoms. The maximum absolute atomic E-state index is 5.72. The van der Waals surface area contributed by atoms with E-state index < -0.39 is 0 Å². The lowest BCUT2D eigenvalue weighted by Gasteiger charge is -2.19. The van der Waals surface area contributed by atoms with E-state index in [-0.39, 0.29) is 24.0 Å². The third-order valence-corrected chi connectivity index (χ3v) is 5.39. The van der Waals surface area contributed by atoms with E-state index in [1.54, 1.807) is 0 Å². The second kappa shape index (κ2) is 7.74. The van der Waals surface area contributed by atoms with Crippen molar-refractivity contribution in [3.05, 3.63) is 0 Å². The zero-order valence-electron chi connectivity index (χ0n) is 7.69. The molecule has 0 amide bonds. The molecule has 0 aromatic carbocycles. The molecule has 0 aromatic rings. The highest BCUT2D eigenvalue weighted by Gasteiger charge is 2.26. The van der Waals surface area contributed by atoms with Gasteiger partial charge in [-0.05, 0) is 36.6 Å². The Hall–Kier alpha value is 1.37. The molecule has 1 rings (SSSR count). The van der Waals surface area contributed by atoms with Gasteiger partial charge in [0, 0.05) is 0 Å². The average Bonchev–Trinajstić information content (AvgIpc) is 2.07. The zero-order chi connectivity index (χ0) is 8.10. The van der Waals surface area contributed by atoms with Gasteiger partial charge in [-0.2, -0.15) is 0 Å². The quantitative estimate of drug-likeness (QED) is 0.384. The highest BCUT2D eigenvalue weighted by Crippen LogP contribution is 2.24. The summed E-state index contributed by atoms with van der Waals surface area (Å²) in [6.07, 6.45) is 9.72. The summed E-state index contributed by atoms with van der Waals surface area (Å²) in [6.45, 7) is 0. The summed E-state index contributed by atoms with van der Waals surface area (Å²) in [4.78, 5) is 0. The van der Waals surface area contributed by atoms with Crippen LogP contribution in [0.4, 0.5) is 0 Å². The SMILES string of the molecule is C[S+](CCCl)C1CCCCC1.[I-]. The van der Waals surface area contributed by atoms with Gasteiger partial charge >= 0.3 is 0 Å². The van der Waals surface area contributed by atoms with Crippen LogP contribution in [0.15, 0.2) is 0 Å². The molecule has 0 aliphatic heterocycles. The van der Waals surface area contributed by atoms with Crippen LogP contribution in [0.1, 0.15) is 32.1 Å². The highest BCUT2D eigenvalue weighted by molar-refractivity contribution is 7.96. The van der Waals surface area contributed by atoms with E-state index in [4.69, 9.17) is 11.6 Å². The molecule has 0 bridgehead atoms. The number of alkyl halides is 1. The Morgan fingerprint density at radius 3 is 2.33 bits per heavy atom. The van der Waals surface area contributed by atoms with E-state index in [1.807, 2.05) is 0 Å². The molecule has 74 valence electrons. The monoisotopic (exact) mass is 320 g/mol. The van der Waals surface area contributed by atoms with E-state index >= 15 is 0 Å². The van der Waals surface area contributed by atoms with Crippen molar-refractivity contribution in [2.24, 2.45) is 0 Å². The molecular weight excluding hydrogens is 303 g/mol. The van der Waals surface area contributed by atoms with Crippen LogP contribution in [0.3, 0.4) is 0 Å². The molecule has 12 heavy (non-hydrogen) atoms. The summed E-state index contributed by atoms with van der Waals surface area (Å²) >= 11 is 5.72. The summed E-state index contributed by atoms with van der Waals surface area (Å²) in [5, 5.41) is 1.02. The Kier molecular flexibility index (Phi) is 8.63. The predicted molar refractivity (Wildman–Crippen MR) is 55.7 cm³/mol. The van der Waals surface area contributed by atoms with E-state index in [2.05, 4.69) is 6.26 Å². The molecule has 0 N–H and O–H groups in total. The van der Waals surface area contributed by atoms with Gasteiger partial charge in [0.1, 0.15) is 11.0 Å². The van der Waals surface area contributed by atoms with Gasteiger partial charge in [0.15, 0.2) is 0 Å².